The smallest absolute Gasteiger partial charge is 0.249 e. The standard InChI is InChI=1S/C20H24N2O2/c21-20(23)19-7-3-2-6-18(19)16-8-10-17(11-9-16)24-15-14-22-12-4-1-5-13-22/h2-3,6-11H,1,4-5,12-15H2,(H2,21,23). The Morgan fingerprint density at radius 2 is 1.71 bits per heavy atom. The second-order valence-corrected chi connectivity index (χ2v) is 6.18. The molecular formula is C20H24N2O2. The number of nitrogens with zero attached hydrogens (tertiary/aromatic N) is 1. The van der Waals surface area contributed by atoms with E-state index in [-0.39, 0.29) is 0 Å². The molecule has 24 heavy (non-hydrogen) atoms. The zero-order chi connectivity index (χ0) is 16.8. The van der Waals surface area contributed by atoms with E-state index in [1.165, 1.54) is 32.4 Å². The lowest BCUT2D eigenvalue weighted by Gasteiger charge is -2.26. The van der Waals surface area contributed by atoms with Crippen LogP contribution >= 0.6 is 0 Å². The Kier molecular flexibility index (Phi) is 5.49. The summed E-state index contributed by atoms with van der Waals surface area (Å²) in [5.74, 6) is 0.444. The maximum Gasteiger partial charge on any atom is 0.249 e. The van der Waals surface area contributed by atoms with Crippen LogP contribution in [0.1, 0.15) is 29.6 Å². The van der Waals surface area contributed by atoms with Crippen molar-refractivity contribution in [2.75, 3.05) is 26.2 Å². The minimum atomic E-state index is -0.410. The number of hydrogen-bond donors (Lipinski definition) is 1. The highest BCUT2D eigenvalue weighted by molar-refractivity contribution is 5.99. The van der Waals surface area contributed by atoms with Crippen LogP contribution in [0, 0.1) is 0 Å². The third-order valence-corrected chi connectivity index (χ3v) is 4.48. The fourth-order valence-corrected chi connectivity index (χ4v) is 3.16. The number of carbonyl (C=O) groups excluding carboxylic acids is 1. The van der Waals surface area contributed by atoms with E-state index < -0.39 is 5.91 Å². The number of primary amides is 1. The number of nitrogens with two attached hydrogens (primary N) is 1. The first-order chi connectivity index (χ1) is 11.7. The van der Waals surface area contributed by atoms with Crippen molar-refractivity contribution in [3.8, 4) is 16.9 Å². The Labute approximate surface area is 143 Å². The molecule has 1 heterocycles. The number of amides is 1. The molecule has 0 atom stereocenters. The van der Waals surface area contributed by atoms with Crippen LogP contribution in [0.3, 0.4) is 0 Å². The van der Waals surface area contributed by atoms with E-state index in [0.29, 0.717) is 12.2 Å². The average Bonchev–Trinajstić information content (AvgIpc) is 2.63. The Morgan fingerprint density at radius 3 is 2.42 bits per heavy atom. The lowest BCUT2D eigenvalue weighted by molar-refractivity contribution is 0.100. The molecule has 4 nitrogen and oxygen atoms in total. The third-order valence-electron chi connectivity index (χ3n) is 4.48. The fourth-order valence-electron chi connectivity index (χ4n) is 3.16. The van der Waals surface area contributed by atoms with Gasteiger partial charge in [-0.2, -0.15) is 0 Å². The van der Waals surface area contributed by atoms with Gasteiger partial charge in [-0.3, -0.25) is 9.69 Å². The SMILES string of the molecule is NC(=O)c1ccccc1-c1ccc(OCCN2CCCCC2)cc1. The van der Waals surface area contributed by atoms with Gasteiger partial charge in [-0.05, 0) is 55.3 Å². The van der Waals surface area contributed by atoms with E-state index >= 15 is 0 Å². The third kappa shape index (κ3) is 4.15. The highest BCUT2D eigenvalue weighted by Crippen LogP contribution is 2.25. The van der Waals surface area contributed by atoms with Crippen LogP contribution in [-0.2, 0) is 0 Å². The van der Waals surface area contributed by atoms with Crippen molar-refractivity contribution in [2.45, 2.75) is 19.3 Å². The van der Waals surface area contributed by atoms with E-state index in [1.54, 1.807) is 6.07 Å². The molecule has 0 bridgehead atoms. The summed E-state index contributed by atoms with van der Waals surface area (Å²) < 4.78 is 5.84. The summed E-state index contributed by atoms with van der Waals surface area (Å²) in [6.45, 7) is 4.06. The van der Waals surface area contributed by atoms with Gasteiger partial charge in [-0.1, -0.05) is 36.8 Å². The van der Waals surface area contributed by atoms with Crippen molar-refractivity contribution < 1.29 is 9.53 Å². The van der Waals surface area contributed by atoms with Gasteiger partial charge in [0.1, 0.15) is 12.4 Å². The number of carbonyl (C=O) groups is 1. The van der Waals surface area contributed by atoms with Gasteiger partial charge in [0.05, 0.1) is 0 Å². The van der Waals surface area contributed by atoms with Crippen molar-refractivity contribution >= 4 is 5.91 Å². The van der Waals surface area contributed by atoms with Crippen LogP contribution in [0.2, 0.25) is 0 Å². The van der Waals surface area contributed by atoms with E-state index in [1.807, 2.05) is 42.5 Å². The minimum absolute atomic E-state index is 0.410. The number of rotatable bonds is 6. The summed E-state index contributed by atoms with van der Waals surface area (Å²) in [5, 5.41) is 0. The molecule has 0 aliphatic carbocycles. The van der Waals surface area contributed by atoms with Gasteiger partial charge in [0.2, 0.25) is 5.91 Å². The monoisotopic (exact) mass is 324 g/mol. The summed E-state index contributed by atoms with van der Waals surface area (Å²) in [7, 11) is 0. The van der Waals surface area contributed by atoms with Crippen molar-refractivity contribution in [3.63, 3.8) is 0 Å². The number of piperidine rings is 1. The Morgan fingerprint density at radius 1 is 1.00 bits per heavy atom. The maximum absolute atomic E-state index is 11.5. The van der Waals surface area contributed by atoms with Crippen LogP contribution in [-0.4, -0.2) is 37.0 Å². The zero-order valence-electron chi connectivity index (χ0n) is 13.9. The molecule has 0 aromatic heterocycles. The predicted octanol–water partition coefficient (Wildman–Crippen LogP) is 3.32. The molecule has 0 spiro atoms. The first-order valence-electron chi connectivity index (χ1n) is 8.58. The maximum atomic E-state index is 11.5. The van der Waals surface area contributed by atoms with Gasteiger partial charge in [0.15, 0.2) is 0 Å². The molecule has 3 rings (SSSR count). The normalized spacial score (nSPS) is 15.2. The van der Waals surface area contributed by atoms with Crippen molar-refractivity contribution in [1.29, 1.82) is 0 Å². The topological polar surface area (TPSA) is 55.6 Å². The van der Waals surface area contributed by atoms with Gasteiger partial charge in [0, 0.05) is 12.1 Å². The molecule has 2 aromatic rings. The van der Waals surface area contributed by atoms with Gasteiger partial charge in [0.25, 0.3) is 0 Å². The summed E-state index contributed by atoms with van der Waals surface area (Å²) in [6, 6.07) is 15.2. The van der Waals surface area contributed by atoms with E-state index in [9.17, 15) is 4.79 Å². The summed E-state index contributed by atoms with van der Waals surface area (Å²) in [5.41, 5.74) is 7.81. The molecule has 1 aliphatic heterocycles. The lowest BCUT2D eigenvalue weighted by Crippen LogP contribution is -2.33. The Hall–Kier alpha value is -2.33. The van der Waals surface area contributed by atoms with E-state index in [4.69, 9.17) is 10.5 Å². The van der Waals surface area contributed by atoms with Crippen LogP contribution in [0.4, 0.5) is 0 Å². The summed E-state index contributed by atoms with van der Waals surface area (Å²) in [6.07, 6.45) is 3.95. The molecule has 0 unspecified atom stereocenters. The highest BCUT2D eigenvalue weighted by Gasteiger charge is 2.10. The number of likely N-dealkylation sites (tertiary alicyclic amines) is 1. The fraction of sp³-hybridized carbons (Fsp3) is 0.350. The van der Waals surface area contributed by atoms with Crippen LogP contribution in [0.15, 0.2) is 48.5 Å². The van der Waals surface area contributed by atoms with Crippen LogP contribution < -0.4 is 10.5 Å². The highest BCUT2D eigenvalue weighted by atomic mass is 16.5. The van der Waals surface area contributed by atoms with E-state index in [0.717, 1.165) is 23.4 Å². The van der Waals surface area contributed by atoms with E-state index in [2.05, 4.69) is 4.90 Å². The molecule has 2 aromatic carbocycles. The van der Waals surface area contributed by atoms with Crippen molar-refractivity contribution in [3.05, 3.63) is 54.1 Å². The molecular weight excluding hydrogens is 300 g/mol. The number of ether oxygens (including phenoxy) is 1. The van der Waals surface area contributed by atoms with Gasteiger partial charge in [-0.15, -0.1) is 0 Å². The summed E-state index contributed by atoms with van der Waals surface area (Å²) >= 11 is 0. The second kappa shape index (κ2) is 7.97. The second-order valence-electron chi connectivity index (χ2n) is 6.18. The molecule has 0 saturated carbocycles. The summed E-state index contributed by atoms with van der Waals surface area (Å²) in [4.78, 5) is 14.0. The quantitative estimate of drug-likeness (QED) is 0.887. The van der Waals surface area contributed by atoms with Gasteiger partial charge >= 0.3 is 0 Å². The number of hydrogen-bond acceptors (Lipinski definition) is 3. The first-order valence-corrected chi connectivity index (χ1v) is 8.58. The molecule has 1 saturated heterocycles. The molecule has 1 aliphatic rings. The first kappa shape index (κ1) is 16.5. The minimum Gasteiger partial charge on any atom is -0.492 e. The van der Waals surface area contributed by atoms with Crippen LogP contribution in [0.5, 0.6) is 5.75 Å². The predicted molar refractivity (Wildman–Crippen MR) is 96.2 cm³/mol. The molecule has 1 amide bonds. The zero-order valence-corrected chi connectivity index (χ0v) is 13.9. The molecule has 0 radical (unpaired) electrons. The largest absolute Gasteiger partial charge is 0.492 e. The lowest BCUT2D eigenvalue weighted by atomic mass is 9.99. The molecule has 1 fully saturated rings. The number of benzene rings is 2. The molecule has 126 valence electrons. The van der Waals surface area contributed by atoms with Crippen molar-refractivity contribution in [1.82, 2.24) is 4.90 Å². The van der Waals surface area contributed by atoms with Gasteiger partial charge in [-0.25, -0.2) is 0 Å². The molecule has 2 N–H and O–H groups in total. The Bertz CT molecular complexity index is 676. The van der Waals surface area contributed by atoms with Gasteiger partial charge < -0.3 is 10.5 Å². The average molecular weight is 324 g/mol. The van der Waals surface area contributed by atoms with Crippen LogP contribution in [0.25, 0.3) is 11.1 Å². The molecule has 4 heteroatoms. The Balaban J connectivity index is 1.60. The van der Waals surface area contributed by atoms with Crippen molar-refractivity contribution in [2.24, 2.45) is 5.73 Å².